The summed E-state index contributed by atoms with van der Waals surface area (Å²) in [6, 6.07) is 6.96. The Morgan fingerprint density at radius 3 is 2.82 bits per heavy atom. The van der Waals surface area contributed by atoms with Crippen LogP contribution in [0.2, 0.25) is 0 Å². The van der Waals surface area contributed by atoms with Gasteiger partial charge in [-0.25, -0.2) is 0 Å². The van der Waals surface area contributed by atoms with Crippen LogP contribution in [0.5, 0.6) is 5.75 Å². The Balaban J connectivity index is 2.33. The Hall–Kier alpha value is -1.97. The fourth-order valence-corrected chi connectivity index (χ4v) is 1.30. The summed E-state index contributed by atoms with van der Waals surface area (Å²) in [5.74, 6) is 0.660. The molecule has 0 aromatic heterocycles. The van der Waals surface area contributed by atoms with Gasteiger partial charge in [0.1, 0.15) is 12.0 Å². The summed E-state index contributed by atoms with van der Waals surface area (Å²) in [6.45, 7) is 2.09. The van der Waals surface area contributed by atoms with Crippen molar-refractivity contribution in [3.8, 4) is 5.75 Å². The lowest BCUT2D eigenvalue weighted by Crippen LogP contribution is -2.09. The lowest BCUT2D eigenvalue weighted by Gasteiger charge is -2.06. The third-order valence-corrected chi connectivity index (χ3v) is 2.29. The number of carbonyl (C=O) groups excluding carboxylic acids is 1. The highest BCUT2D eigenvalue weighted by atomic mass is 16.5. The van der Waals surface area contributed by atoms with Gasteiger partial charge in [0.15, 0.2) is 0 Å². The summed E-state index contributed by atoms with van der Waals surface area (Å²) < 4.78 is 5.45. The van der Waals surface area contributed by atoms with Gasteiger partial charge in [-0.05, 0) is 31.9 Å². The Labute approximate surface area is 101 Å². The lowest BCUT2D eigenvalue weighted by atomic mass is 10.1. The van der Waals surface area contributed by atoms with Crippen LogP contribution < -0.4 is 4.74 Å². The number of rotatable bonds is 7. The molecule has 0 saturated carbocycles. The van der Waals surface area contributed by atoms with E-state index in [4.69, 9.17) is 15.6 Å². The highest BCUT2D eigenvalue weighted by Gasteiger charge is 2.00. The van der Waals surface area contributed by atoms with Crippen LogP contribution in [-0.2, 0) is 0 Å². The summed E-state index contributed by atoms with van der Waals surface area (Å²) in [7, 11) is 0. The van der Waals surface area contributed by atoms with Crippen LogP contribution in [0, 0.1) is 10.8 Å². The standard InChI is InChI=1S/C13H16N2O2/c1-10(14)13(15)6-3-7-17-12-5-2-4-11(8-12)9-16/h2,4-5,8-9,14-15H,3,6-7H2,1H3. The average Bonchev–Trinajstić information content (AvgIpc) is 2.34. The molecule has 0 saturated heterocycles. The third kappa shape index (κ3) is 4.59. The van der Waals surface area contributed by atoms with E-state index in [9.17, 15) is 4.79 Å². The zero-order valence-electron chi connectivity index (χ0n) is 9.82. The molecule has 0 aliphatic rings. The van der Waals surface area contributed by atoms with Gasteiger partial charge in [0.05, 0.1) is 12.3 Å². The van der Waals surface area contributed by atoms with Crippen molar-refractivity contribution in [3.63, 3.8) is 0 Å². The van der Waals surface area contributed by atoms with Crippen molar-refractivity contribution in [2.45, 2.75) is 19.8 Å². The van der Waals surface area contributed by atoms with Crippen molar-refractivity contribution in [2.24, 2.45) is 0 Å². The maximum atomic E-state index is 10.5. The number of hydrogen-bond acceptors (Lipinski definition) is 4. The summed E-state index contributed by atoms with van der Waals surface area (Å²) in [5, 5.41) is 14.7. The van der Waals surface area contributed by atoms with Crippen molar-refractivity contribution in [2.75, 3.05) is 6.61 Å². The molecule has 0 fully saturated rings. The molecular formula is C13H16N2O2. The van der Waals surface area contributed by atoms with Crippen LogP contribution >= 0.6 is 0 Å². The Morgan fingerprint density at radius 1 is 1.41 bits per heavy atom. The Kier molecular flexibility index (Phi) is 5.07. The van der Waals surface area contributed by atoms with Gasteiger partial charge < -0.3 is 15.6 Å². The fraction of sp³-hybridized carbons (Fsp3) is 0.308. The molecule has 1 aromatic rings. The van der Waals surface area contributed by atoms with Crippen LogP contribution in [-0.4, -0.2) is 24.3 Å². The van der Waals surface area contributed by atoms with Crippen LogP contribution in [0.1, 0.15) is 30.1 Å². The second-order valence-corrected chi connectivity index (χ2v) is 3.75. The minimum Gasteiger partial charge on any atom is -0.494 e. The SMILES string of the molecule is CC(=N)C(=N)CCCOc1cccc(C=O)c1. The molecule has 90 valence electrons. The highest BCUT2D eigenvalue weighted by Crippen LogP contribution is 2.12. The fourth-order valence-electron chi connectivity index (χ4n) is 1.30. The molecule has 0 unspecified atom stereocenters. The number of hydrogen-bond donors (Lipinski definition) is 2. The van der Waals surface area contributed by atoms with Crippen molar-refractivity contribution in [1.29, 1.82) is 10.8 Å². The van der Waals surface area contributed by atoms with E-state index in [2.05, 4.69) is 0 Å². The molecule has 4 nitrogen and oxygen atoms in total. The lowest BCUT2D eigenvalue weighted by molar-refractivity contribution is 0.112. The van der Waals surface area contributed by atoms with E-state index in [0.29, 0.717) is 42.2 Å². The van der Waals surface area contributed by atoms with Gasteiger partial charge in [-0.15, -0.1) is 0 Å². The van der Waals surface area contributed by atoms with E-state index in [0.717, 1.165) is 6.29 Å². The van der Waals surface area contributed by atoms with Gasteiger partial charge in [-0.2, -0.15) is 0 Å². The van der Waals surface area contributed by atoms with Crippen molar-refractivity contribution in [3.05, 3.63) is 29.8 Å². The predicted octanol–water partition coefficient (Wildman–Crippen LogP) is 2.72. The molecular weight excluding hydrogens is 216 g/mol. The first-order valence-electron chi connectivity index (χ1n) is 5.44. The molecule has 2 N–H and O–H groups in total. The minimum atomic E-state index is 0.299. The molecule has 0 amide bonds. The molecule has 0 radical (unpaired) electrons. The molecule has 17 heavy (non-hydrogen) atoms. The maximum Gasteiger partial charge on any atom is 0.150 e. The molecule has 0 heterocycles. The first kappa shape index (κ1) is 13.1. The largest absolute Gasteiger partial charge is 0.494 e. The second-order valence-electron chi connectivity index (χ2n) is 3.75. The Bertz CT molecular complexity index is 427. The van der Waals surface area contributed by atoms with Crippen molar-refractivity contribution in [1.82, 2.24) is 0 Å². The monoisotopic (exact) mass is 232 g/mol. The van der Waals surface area contributed by atoms with Gasteiger partial charge in [0, 0.05) is 11.3 Å². The van der Waals surface area contributed by atoms with Gasteiger partial charge in [-0.3, -0.25) is 4.79 Å². The number of carbonyl (C=O) groups is 1. The van der Waals surface area contributed by atoms with Gasteiger partial charge >= 0.3 is 0 Å². The zero-order valence-corrected chi connectivity index (χ0v) is 9.82. The predicted molar refractivity (Wildman–Crippen MR) is 67.7 cm³/mol. The summed E-state index contributed by atoms with van der Waals surface area (Å²) >= 11 is 0. The normalized spacial score (nSPS) is 9.71. The number of ether oxygens (including phenoxy) is 1. The topological polar surface area (TPSA) is 74.0 Å². The number of benzene rings is 1. The molecule has 1 aromatic carbocycles. The quantitative estimate of drug-likeness (QED) is 0.431. The highest BCUT2D eigenvalue weighted by molar-refractivity contribution is 6.38. The molecule has 1 rings (SSSR count). The molecule has 0 aliphatic heterocycles. The smallest absolute Gasteiger partial charge is 0.150 e. The average molecular weight is 232 g/mol. The summed E-state index contributed by atoms with van der Waals surface area (Å²) in [6.07, 6.45) is 2.02. The van der Waals surface area contributed by atoms with E-state index < -0.39 is 0 Å². The van der Waals surface area contributed by atoms with Crippen molar-refractivity contribution >= 4 is 17.7 Å². The number of aldehydes is 1. The Morgan fingerprint density at radius 2 is 2.18 bits per heavy atom. The summed E-state index contributed by atoms with van der Waals surface area (Å²) in [5.41, 5.74) is 1.23. The third-order valence-electron chi connectivity index (χ3n) is 2.29. The minimum absolute atomic E-state index is 0.299. The summed E-state index contributed by atoms with van der Waals surface area (Å²) in [4.78, 5) is 10.5. The maximum absolute atomic E-state index is 10.5. The first-order valence-corrected chi connectivity index (χ1v) is 5.44. The van der Waals surface area contributed by atoms with Crippen LogP contribution in [0.25, 0.3) is 0 Å². The van der Waals surface area contributed by atoms with Crippen LogP contribution in [0.4, 0.5) is 0 Å². The molecule has 4 heteroatoms. The van der Waals surface area contributed by atoms with E-state index in [1.54, 1.807) is 31.2 Å². The van der Waals surface area contributed by atoms with Gasteiger partial charge in [0.2, 0.25) is 0 Å². The van der Waals surface area contributed by atoms with Gasteiger partial charge in [0.25, 0.3) is 0 Å². The van der Waals surface area contributed by atoms with Crippen LogP contribution in [0.15, 0.2) is 24.3 Å². The molecule has 0 spiro atoms. The first-order chi connectivity index (χ1) is 8.13. The van der Waals surface area contributed by atoms with Gasteiger partial charge in [-0.1, -0.05) is 12.1 Å². The molecule has 0 aliphatic carbocycles. The van der Waals surface area contributed by atoms with E-state index >= 15 is 0 Å². The number of nitrogens with one attached hydrogen (secondary N) is 2. The second kappa shape index (κ2) is 6.58. The molecule has 0 atom stereocenters. The van der Waals surface area contributed by atoms with Crippen LogP contribution in [0.3, 0.4) is 0 Å². The van der Waals surface area contributed by atoms with Crippen molar-refractivity contribution < 1.29 is 9.53 Å². The van der Waals surface area contributed by atoms with E-state index in [1.807, 2.05) is 0 Å². The molecule has 0 bridgehead atoms. The van der Waals surface area contributed by atoms with E-state index in [-0.39, 0.29) is 0 Å². The van der Waals surface area contributed by atoms with E-state index in [1.165, 1.54) is 0 Å². The zero-order chi connectivity index (χ0) is 12.7.